The molecule has 2 aromatic rings. The van der Waals surface area contributed by atoms with Crippen molar-refractivity contribution in [2.75, 3.05) is 26.7 Å². The lowest BCUT2D eigenvalue weighted by atomic mass is 9.96. The molecule has 1 unspecified atom stereocenters. The molecule has 4 rings (SSSR count). The molecule has 140 valence electrons. The number of aromatic amines is 1. The van der Waals surface area contributed by atoms with Gasteiger partial charge in [0.25, 0.3) is 5.91 Å². The van der Waals surface area contributed by atoms with Gasteiger partial charge in [0.1, 0.15) is 11.5 Å². The van der Waals surface area contributed by atoms with E-state index in [1.165, 1.54) is 0 Å². The Morgan fingerprint density at radius 3 is 2.65 bits per heavy atom. The molecule has 1 N–H and O–H groups in total. The van der Waals surface area contributed by atoms with Crippen molar-refractivity contribution < 1.29 is 4.79 Å². The number of piperidine rings is 2. The van der Waals surface area contributed by atoms with Gasteiger partial charge in [-0.25, -0.2) is 9.97 Å². The van der Waals surface area contributed by atoms with Crippen LogP contribution in [0.15, 0.2) is 18.7 Å². The zero-order valence-corrected chi connectivity index (χ0v) is 15.7. The Bertz CT molecular complexity index is 758. The fraction of sp³-hybridized carbons (Fsp3) is 0.632. The summed E-state index contributed by atoms with van der Waals surface area (Å²) in [7, 11) is 4.15. The lowest BCUT2D eigenvalue weighted by Crippen LogP contribution is -2.39. The van der Waals surface area contributed by atoms with Crippen LogP contribution < -0.4 is 0 Å². The molecular weight excluding hydrogens is 328 g/mol. The van der Waals surface area contributed by atoms with Crippen molar-refractivity contribution in [3.05, 3.63) is 35.9 Å². The predicted octanol–water partition coefficient (Wildman–Crippen LogP) is 2.32. The van der Waals surface area contributed by atoms with Crippen molar-refractivity contribution in [3.63, 3.8) is 0 Å². The third kappa shape index (κ3) is 3.28. The van der Waals surface area contributed by atoms with Crippen LogP contribution in [-0.4, -0.2) is 61.9 Å². The highest BCUT2D eigenvalue weighted by Crippen LogP contribution is 2.32. The Kier molecular flexibility index (Phi) is 4.80. The second-order valence-electron chi connectivity index (χ2n) is 7.70. The lowest BCUT2D eigenvalue weighted by molar-refractivity contribution is 0.0596. The molecule has 0 saturated carbocycles. The van der Waals surface area contributed by atoms with Crippen LogP contribution in [0.5, 0.6) is 0 Å². The molecule has 1 atom stereocenters. The molecule has 4 heterocycles. The molecule has 0 aliphatic carbocycles. The van der Waals surface area contributed by atoms with Gasteiger partial charge in [-0.05, 0) is 52.2 Å². The van der Waals surface area contributed by atoms with Crippen LogP contribution in [0.3, 0.4) is 0 Å². The lowest BCUT2D eigenvalue weighted by Gasteiger charge is -2.35. The van der Waals surface area contributed by atoms with E-state index in [9.17, 15) is 4.79 Å². The van der Waals surface area contributed by atoms with Crippen molar-refractivity contribution >= 4 is 5.91 Å². The molecule has 0 radical (unpaired) electrons. The molecule has 26 heavy (non-hydrogen) atoms. The summed E-state index contributed by atoms with van der Waals surface area (Å²) in [6, 6.07) is 0.0961. The summed E-state index contributed by atoms with van der Waals surface area (Å²) < 4.78 is 2.02. The van der Waals surface area contributed by atoms with Gasteiger partial charge < -0.3 is 19.4 Å². The van der Waals surface area contributed by atoms with Crippen molar-refractivity contribution in [2.24, 2.45) is 7.05 Å². The third-order valence-electron chi connectivity index (χ3n) is 5.89. The van der Waals surface area contributed by atoms with Gasteiger partial charge in [-0.15, -0.1) is 0 Å². The minimum Gasteiger partial charge on any atom is -0.338 e. The standard InChI is InChI=1S/C19H28N6O/c1-23-9-6-14(7-10-23)18-21-11-15(22-18)19(26)25-8-4-3-5-16(25)17-12-20-13-24(17)2/h11-14,16H,3-10H2,1-2H3,(H,21,22). The van der Waals surface area contributed by atoms with Gasteiger partial charge in [0, 0.05) is 19.5 Å². The van der Waals surface area contributed by atoms with Gasteiger partial charge in [0.15, 0.2) is 0 Å². The molecule has 2 fully saturated rings. The number of likely N-dealkylation sites (tertiary alicyclic amines) is 2. The molecule has 2 aromatic heterocycles. The number of nitrogens with one attached hydrogen (secondary N) is 1. The van der Waals surface area contributed by atoms with Crippen LogP contribution in [0.1, 0.15) is 66.1 Å². The summed E-state index contributed by atoms with van der Waals surface area (Å²) >= 11 is 0. The molecule has 0 spiro atoms. The van der Waals surface area contributed by atoms with Crippen LogP contribution in [0.25, 0.3) is 0 Å². The van der Waals surface area contributed by atoms with Crippen molar-refractivity contribution in [1.82, 2.24) is 29.3 Å². The summed E-state index contributed by atoms with van der Waals surface area (Å²) in [5.41, 5.74) is 1.72. The minimum atomic E-state index is 0.0579. The number of H-pyrrole nitrogens is 1. The number of hydrogen-bond acceptors (Lipinski definition) is 4. The summed E-state index contributed by atoms with van der Waals surface area (Å²) in [4.78, 5) is 29.6. The molecule has 2 saturated heterocycles. The first-order valence-corrected chi connectivity index (χ1v) is 9.64. The maximum atomic E-state index is 13.2. The first-order chi connectivity index (χ1) is 12.6. The number of aryl methyl sites for hydroxylation is 1. The number of carbonyl (C=O) groups is 1. The average Bonchev–Trinajstić information content (AvgIpc) is 3.31. The Labute approximate surface area is 154 Å². The van der Waals surface area contributed by atoms with Crippen LogP contribution in [0.2, 0.25) is 0 Å². The average molecular weight is 356 g/mol. The molecule has 1 amide bonds. The molecule has 2 aliphatic heterocycles. The Hall–Kier alpha value is -2.15. The topological polar surface area (TPSA) is 70.1 Å². The zero-order valence-electron chi connectivity index (χ0n) is 15.7. The normalized spacial score (nSPS) is 22.7. The van der Waals surface area contributed by atoms with Crippen molar-refractivity contribution in [2.45, 2.75) is 44.1 Å². The Morgan fingerprint density at radius 2 is 1.92 bits per heavy atom. The van der Waals surface area contributed by atoms with E-state index in [0.717, 1.165) is 63.3 Å². The van der Waals surface area contributed by atoms with Gasteiger partial charge >= 0.3 is 0 Å². The van der Waals surface area contributed by atoms with E-state index in [4.69, 9.17) is 0 Å². The minimum absolute atomic E-state index is 0.0579. The zero-order chi connectivity index (χ0) is 18.1. The Balaban J connectivity index is 1.52. The maximum absolute atomic E-state index is 13.2. The van der Waals surface area contributed by atoms with Gasteiger partial charge in [0.2, 0.25) is 0 Å². The van der Waals surface area contributed by atoms with E-state index in [0.29, 0.717) is 11.6 Å². The molecule has 0 aromatic carbocycles. The van der Waals surface area contributed by atoms with Crippen LogP contribution in [0.4, 0.5) is 0 Å². The number of carbonyl (C=O) groups excluding carboxylic acids is 1. The number of nitrogens with zero attached hydrogens (tertiary/aromatic N) is 5. The summed E-state index contributed by atoms with van der Waals surface area (Å²) in [5, 5.41) is 0. The summed E-state index contributed by atoms with van der Waals surface area (Å²) in [5.74, 6) is 1.46. The first-order valence-electron chi connectivity index (χ1n) is 9.64. The maximum Gasteiger partial charge on any atom is 0.272 e. The number of amides is 1. The Morgan fingerprint density at radius 1 is 1.12 bits per heavy atom. The molecule has 2 aliphatic rings. The number of rotatable bonds is 3. The summed E-state index contributed by atoms with van der Waals surface area (Å²) in [6.45, 7) is 2.96. The molecule has 7 heteroatoms. The van der Waals surface area contributed by atoms with E-state index >= 15 is 0 Å². The van der Waals surface area contributed by atoms with E-state index < -0.39 is 0 Å². The van der Waals surface area contributed by atoms with Crippen molar-refractivity contribution in [1.29, 1.82) is 0 Å². The van der Waals surface area contributed by atoms with Gasteiger partial charge in [-0.3, -0.25) is 4.79 Å². The smallest absolute Gasteiger partial charge is 0.272 e. The van der Waals surface area contributed by atoms with E-state index in [1.54, 1.807) is 12.5 Å². The second-order valence-corrected chi connectivity index (χ2v) is 7.70. The number of hydrogen-bond donors (Lipinski definition) is 1. The van der Waals surface area contributed by atoms with E-state index in [2.05, 4.69) is 26.9 Å². The van der Waals surface area contributed by atoms with Gasteiger partial charge in [-0.2, -0.15) is 0 Å². The number of imidazole rings is 2. The SMILES string of the molecule is CN1CCC(c2ncc(C(=O)N3CCCCC3c3cncn3C)[nH]2)CC1. The third-order valence-corrected chi connectivity index (χ3v) is 5.89. The molecule has 7 nitrogen and oxygen atoms in total. The van der Waals surface area contributed by atoms with Crippen LogP contribution in [-0.2, 0) is 7.05 Å². The van der Waals surface area contributed by atoms with Gasteiger partial charge in [0.05, 0.1) is 30.5 Å². The second kappa shape index (κ2) is 7.23. The van der Waals surface area contributed by atoms with E-state index in [-0.39, 0.29) is 11.9 Å². The monoisotopic (exact) mass is 356 g/mol. The highest BCUT2D eigenvalue weighted by molar-refractivity contribution is 5.92. The van der Waals surface area contributed by atoms with E-state index in [1.807, 2.05) is 22.7 Å². The van der Waals surface area contributed by atoms with Crippen molar-refractivity contribution in [3.8, 4) is 0 Å². The fourth-order valence-electron chi connectivity index (χ4n) is 4.26. The predicted molar refractivity (Wildman–Crippen MR) is 98.9 cm³/mol. The van der Waals surface area contributed by atoms with Gasteiger partial charge in [-0.1, -0.05) is 0 Å². The van der Waals surface area contributed by atoms with Crippen LogP contribution in [0, 0.1) is 0 Å². The molecular formula is C19H28N6O. The highest BCUT2D eigenvalue weighted by Gasteiger charge is 2.31. The molecule has 0 bridgehead atoms. The number of aromatic nitrogens is 4. The quantitative estimate of drug-likeness (QED) is 0.916. The summed E-state index contributed by atoms with van der Waals surface area (Å²) in [6.07, 6.45) is 10.8. The highest BCUT2D eigenvalue weighted by atomic mass is 16.2. The fourth-order valence-corrected chi connectivity index (χ4v) is 4.26. The first kappa shape index (κ1) is 17.3. The largest absolute Gasteiger partial charge is 0.338 e. The van der Waals surface area contributed by atoms with Crippen LogP contribution >= 0.6 is 0 Å².